The van der Waals surface area contributed by atoms with Crippen molar-refractivity contribution in [3.63, 3.8) is 0 Å². The van der Waals surface area contributed by atoms with Crippen LogP contribution in [0.1, 0.15) is 13.8 Å². The van der Waals surface area contributed by atoms with E-state index in [9.17, 15) is 14.4 Å². The largest absolute Gasteiger partial charge is 0.467 e. The van der Waals surface area contributed by atoms with E-state index in [1.54, 1.807) is 6.92 Å². The van der Waals surface area contributed by atoms with E-state index >= 15 is 0 Å². The Morgan fingerprint density at radius 3 is 2.16 bits per heavy atom. The molecule has 1 aliphatic heterocycles. The van der Waals surface area contributed by atoms with E-state index in [0.717, 1.165) is 19.3 Å². The van der Waals surface area contributed by atoms with Crippen LogP contribution in [0.25, 0.3) is 0 Å². The van der Waals surface area contributed by atoms with Crippen LogP contribution >= 0.6 is 0 Å². The Labute approximate surface area is 110 Å². The Hall–Kier alpha value is -1.67. The van der Waals surface area contributed by atoms with Crippen molar-refractivity contribution < 1.29 is 33.4 Å². The van der Waals surface area contributed by atoms with Gasteiger partial charge in [0.25, 0.3) is 5.54 Å². The maximum absolute atomic E-state index is 11.6. The molecule has 8 heteroatoms. The lowest BCUT2D eigenvalue weighted by Crippen LogP contribution is -2.41. The van der Waals surface area contributed by atoms with Gasteiger partial charge in [0.2, 0.25) is 0 Å². The van der Waals surface area contributed by atoms with E-state index < -0.39 is 29.6 Å². The molecule has 0 N–H and O–H groups in total. The molecule has 1 fully saturated rings. The van der Waals surface area contributed by atoms with Crippen molar-refractivity contribution in [1.82, 2.24) is 5.06 Å². The molecule has 0 radical (unpaired) electrons. The molecule has 0 aromatic carbocycles. The molecule has 1 unspecified atom stereocenters. The maximum atomic E-state index is 11.6. The quantitative estimate of drug-likeness (QED) is 0.271. The molecule has 0 spiro atoms. The highest BCUT2D eigenvalue weighted by Crippen LogP contribution is 2.36. The zero-order valence-electron chi connectivity index (χ0n) is 11.3. The minimum absolute atomic E-state index is 0.0317. The molecule has 0 aliphatic carbocycles. The molecular formula is C11H17NO7. The van der Waals surface area contributed by atoms with Crippen LogP contribution in [-0.4, -0.2) is 62.0 Å². The fourth-order valence-electron chi connectivity index (χ4n) is 1.55. The van der Waals surface area contributed by atoms with E-state index in [2.05, 4.69) is 9.47 Å². The number of rotatable bonds is 6. The van der Waals surface area contributed by atoms with Crippen molar-refractivity contribution in [3.8, 4) is 0 Å². The van der Waals surface area contributed by atoms with Gasteiger partial charge in [0.05, 0.1) is 27.4 Å². The molecule has 0 amide bonds. The monoisotopic (exact) mass is 275 g/mol. The minimum atomic E-state index is -1.62. The molecule has 1 aliphatic rings. The van der Waals surface area contributed by atoms with Crippen molar-refractivity contribution in [2.75, 3.05) is 27.4 Å². The summed E-state index contributed by atoms with van der Waals surface area (Å²) in [4.78, 5) is 39.8. The highest BCUT2D eigenvalue weighted by Gasteiger charge is 2.69. The molecular weight excluding hydrogens is 258 g/mol. The SMILES string of the molecule is CCOC(=O)[C@H](C)ON1CC1(C(=O)OC)C(=O)OC. The first-order valence-electron chi connectivity index (χ1n) is 5.71. The van der Waals surface area contributed by atoms with Gasteiger partial charge in [-0.15, -0.1) is 0 Å². The van der Waals surface area contributed by atoms with Crippen molar-refractivity contribution in [3.05, 3.63) is 0 Å². The van der Waals surface area contributed by atoms with E-state index in [1.807, 2.05) is 0 Å². The van der Waals surface area contributed by atoms with Crippen LogP contribution < -0.4 is 0 Å². The van der Waals surface area contributed by atoms with Gasteiger partial charge in [0, 0.05) is 0 Å². The summed E-state index contributed by atoms with van der Waals surface area (Å²) in [6.07, 6.45) is -0.934. The predicted molar refractivity (Wildman–Crippen MR) is 60.6 cm³/mol. The van der Waals surface area contributed by atoms with Crippen LogP contribution in [0.5, 0.6) is 0 Å². The summed E-state index contributed by atoms with van der Waals surface area (Å²) in [5.41, 5.74) is -1.62. The Morgan fingerprint density at radius 1 is 1.21 bits per heavy atom. The summed E-state index contributed by atoms with van der Waals surface area (Å²) in [6.45, 7) is 3.30. The van der Waals surface area contributed by atoms with Gasteiger partial charge in [-0.2, -0.15) is 5.06 Å². The lowest BCUT2D eigenvalue weighted by molar-refractivity contribution is -0.192. The van der Waals surface area contributed by atoms with Gasteiger partial charge < -0.3 is 14.2 Å². The third-order valence-electron chi connectivity index (χ3n) is 2.64. The topological polar surface area (TPSA) is 91.1 Å². The molecule has 0 aromatic rings. The van der Waals surface area contributed by atoms with Crippen LogP contribution in [0.4, 0.5) is 0 Å². The molecule has 0 saturated carbocycles. The van der Waals surface area contributed by atoms with Crippen LogP contribution in [0.15, 0.2) is 0 Å². The Morgan fingerprint density at radius 2 is 1.74 bits per heavy atom. The number of carbonyl (C=O) groups excluding carboxylic acids is 3. The zero-order chi connectivity index (χ0) is 14.6. The fraction of sp³-hybridized carbons (Fsp3) is 0.727. The number of methoxy groups -OCH3 is 2. The lowest BCUT2D eigenvalue weighted by atomic mass is 10.1. The van der Waals surface area contributed by atoms with Gasteiger partial charge in [0.15, 0.2) is 6.10 Å². The van der Waals surface area contributed by atoms with Gasteiger partial charge in [0.1, 0.15) is 0 Å². The summed E-state index contributed by atoms with van der Waals surface area (Å²) < 4.78 is 13.8. The highest BCUT2D eigenvalue weighted by atomic mass is 16.7. The molecule has 0 aromatic heterocycles. The lowest BCUT2D eigenvalue weighted by Gasteiger charge is -2.16. The molecule has 1 rings (SSSR count). The molecule has 19 heavy (non-hydrogen) atoms. The first-order chi connectivity index (χ1) is 8.93. The van der Waals surface area contributed by atoms with E-state index in [4.69, 9.17) is 9.57 Å². The van der Waals surface area contributed by atoms with Gasteiger partial charge in [-0.25, -0.2) is 14.4 Å². The average molecular weight is 275 g/mol. The van der Waals surface area contributed by atoms with Crippen molar-refractivity contribution in [1.29, 1.82) is 0 Å². The average Bonchev–Trinajstić information content (AvgIpc) is 3.12. The minimum Gasteiger partial charge on any atom is -0.467 e. The van der Waals surface area contributed by atoms with Gasteiger partial charge in [-0.05, 0) is 13.8 Å². The zero-order valence-corrected chi connectivity index (χ0v) is 11.3. The summed E-state index contributed by atoms with van der Waals surface area (Å²) in [6, 6.07) is 0. The van der Waals surface area contributed by atoms with E-state index in [1.165, 1.54) is 6.92 Å². The van der Waals surface area contributed by atoms with Crippen LogP contribution in [0.3, 0.4) is 0 Å². The van der Waals surface area contributed by atoms with Gasteiger partial charge >= 0.3 is 17.9 Å². The van der Waals surface area contributed by atoms with Crippen LogP contribution in [0.2, 0.25) is 0 Å². The standard InChI is InChI=1S/C11H17NO7/c1-5-18-8(13)7(2)19-12-6-11(12,9(14)16-3)10(15)17-4/h7H,5-6H2,1-4H3/t7-,12?/m0/s1. The predicted octanol–water partition coefficient (Wildman–Crippen LogP) is -0.730. The van der Waals surface area contributed by atoms with Crippen molar-refractivity contribution in [2.45, 2.75) is 25.5 Å². The molecule has 8 nitrogen and oxygen atoms in total. The highest BCUT2D eigenvalue weighted by molar-refractivity contribution is 6.08. The van der Waals surface area contributed by atoms with Crippen molar-refractivity contribution in [2.24, 2.45) is 0 Å². The second-order valence-corrected chi connectivity index (χ2v) is 3.88. The molecule has 2 atom stereocenters. The molecule has 1 heterocycles. The number of hydrogen-bond donors (Lipinski definition) is 0. The van der Waals surface area contributed by atoms with Crippen molar-refractivity contribution >= 4 is 17.9 Å². The van der Waals surface area contributed by atoms with E-state index in [0.29, 0.717) is 0 Å². The second kappa shape index (κ2) is 5.98. The molecule has 1 saturated heterocycles. The summed E-state index contributed by atoms with van der Waals surface area (Å²) in [5.74, 6) is -2.18. The number of nitrogens with zero attached hydrogens (tertiary/aromatic N) is 1. The van der Waals surface area contributed by atoms with Gasteiger partial charge in [-0.1, -0.05) is 0 Å². The Balaban J connectivity index is 2.69. The number of hydroxylamine groups is 2. The maximum Gasteiger partial charge on any atom is 0.341 e. The molecule has 0 bridgehead atoms. The first kappa shape index (κ1) is 15.4. The van der Waals surface area contributed by atoms with Crippen LogP contribution in [0, 0.1) is 0 Å². The molecule has 108 valence electrons. The second-order valence-electron chi connectivity index (χ2n) is 3.88. The summed E-state index contributed by atoms with van der Waals surface area (Å²) in [7, 11) is 2.30. The number of carbonyl (C=O) groups is 3. The number of hydrogen-bond acceptors (Lipinski definition) is 8. The number of ether oxygens (including phenoxy) is 3. The summed E-state index contributed by atoms with van der Waals surface area (Å²) >= 11 is 0. The summed E-state index contributed by atoms with van der Waals surface area (Å²) in [5, 5.41) is 1.05. The smallest absolute Gasteiger partial charge is 0.341 e. The Kier molecular flexibility index (Phi) is 4.84. The third kappa shape index (κ3) is 2.85. The van der Waals surface area contributed by atoms with Crippen LogP contribution in [-0.2, 0) is 33.4 Å². The Bertz CT molecular complexity index is 365. The third-order valence-corrected chi connectivity index (χ3v) is 2.64. The van der Waals surface area contributed by atoms with Gasteiger partial charge in [-0.3, -0.25) is 4.84 Å². The van der Waals surface area contributed by atoms with E-state index in [-0.39, 0.29) is 13.2 Å². The normalized spacial score (nSPS) is 21.2. The fourth-order valence-corrected chi connectivity index (χ4v) is 1.55. The first-order valence-corrected chi connectivity index (χ1v) is 5.71. The number of esters is 3.